The maximum atomic E-state index is 13.2. The van der Waals surface area contributed by atoms with Crippen LogP contribution in [0.25, 0.3) is 0 Å². The molecule has 1 aromatic rings. The number of hydrogen-bond acceptors (Lipinski definition) is 3. The molecule has 88 valence electrons. The molecule has 0 aliphatic heterocycles. The van der Waals surface area contributed by atoms with Gasteiger partial charge in [0, 0.05) is 12.7 Å². The Morgan fingerprint density at radius 2 is 2.31 bits per heavy atom. The van der Waals surface area contributed by atoms with Crippen molar-refractivity contribution in [3.05, 3.63) is 29.8 Å². The van der Waals surface area contributed by atoms with Crippen LogP contribution < -0.4 is 11.1 Å². The number of amides is 1. The van der Waals surface area contributed by atoms with Gasteiger partial charge in [0.25, 0.3) is 5.91 Å². The summed E-state index contributed by atoms with van der Waals surface area (Å²) in [5.41, 5.74) is 5.33. The molecule has 0 atom stereocenters. The first-order valence-corrected chi connectivity index (χ1v) is 5.04. The Morgan fingerprint density at radius 3 is 2.88 bits per heavy atom. The number of nitrogens with two attached hydrogens (primary N) is 1. The fourth-order valence-corrected chi connectivity index (χ4v) is 1.05. The van der Waals surface area contributed by atoms with Crippen LogP contribution in [0.3, 0.4) is 0 Å². The maximum absolute atomic E-state index is 13.2. The summed E-state index contributed by atoms with van der Waals surface area (Å²) < 4.78 is 13.2. The van der Waals surface area contributed by atoms with Crippen molar-refractivity contribution in [2.45, 2.75) is 13.8 Å². The van der Waals surface area contributed by atoms with E-state index in [9.17, 15) is 9.18 Å². The van der Waals surface area contributed by atoms with Crippen molar-refractivity contribution in [2.24, 2.45) is 11.1 Å². The lowest BCUT2D eigenvalue weighted by atomic mass is 9.94. The van der Waals surface area contributed by atoms with Gasteiger partial charge < -0.3 is 11.1 Å². The monoisotopic (exact) mass is 225 g/mol. The topological polar surface area (TPSA) is 68.0 Å². The zero-order valence-corrected chi connectivity index (χ0v) is 9.46. The van der Waals surface area contributed by atoms with E-state index in [0.29, 0.717) is 13.1 Å². The van der Waals surface area contributed by atoms with Crippen molar-refractivity contribution in [1.82, 2.24) is 10.3 Å². The third-order valence-electron chi connectivity index (χ3n) is 2.30. The molecule has 5 heteroatoms. The van der Waals surface area contributed by atoms with Gasteiger partial charge in [0.05, 0.1) is 11.8 Å². The van der Waals surface area contributed by atoms with E-state index in [1.807, 2.05) is 13.8 Å². The normalized spacial score (nSPS) is 11.2. The summed E-state index contributed by atoms with van der Waals surface area (Å²) in [4.78, 5) is 15.2. The molecule has 0 saturated heterocycles. The lowest BCUT2D eigenvalue weighted by molar-refractivity contribution is 0.0933. The standard InChI is InChI=1S/C11H16FN3O/c1-11(2,6-13)7-15-10(16)8-3-4-14-5-9(8)12/h3-5H,6-7,13H2,1-2H3,(H,15,16). The Balaban J connectivity index is 2.64. The molecule has 1 heterocycles. The van der Waals surface area contributed by atoms with E-state index >= 15 is 0 Å². The third kappa shape index (κ3) is 3.27. The minimum absolute atomic E-state index is 0.00261. The fourth-order valence-electron chi connectivity index (χ4n) is 1.05. The molecule has 1 aromatic heterocycles. The first kappa shape index (κ1) is 12.6. The molecule has 1 rings (SSSR count). The summed E-state index contributed by atoms with van der Waals surface area (Å²) in [7, 11) is 0. The van der Waals surface area contributed by atoms with Crippen molar-refractivity contribution in [2.75, 3.05) is 13.1 Å². The SMILES string of the molecule is CC(C)(CN)CNC(=O)c1ccncc1F. The fraction of sp³-hybridized carbons (Fsp3) is 0.455. The van der Waals surface area contributed by atoms with Gasteiger partial charge in [-0.1, -0.05) is 13.8 Å². The van der Waals surface area contributed by atoms with E-state index in [4.69, 9.17) is 5.73 Å². The van der Waals surface area contributed by atoms with Crippen LogP contribution in [0.1, 0.15) is 24.2 Å². The molecule has 0 fully saturated rings. The van der Waals surface area contributed by atoms with E-state index in [1.165, 1.54) is 12.3 Å². The average Bonchev–Trinajstić information content (AvgIpc) is 2.27. The van der Waals surface area contributed by atoms with Gasteiger partial charge in [0.1, 0.15) is 0 Å². The molecule has 0 aliphatic carbocycles. The second-order valence-corrected chi connectivity index (χ2v) is 4.41. The van der Waals surface area contributed by atoms with Crippen LogP contribution in [-0.4, -0.2) is 24.0 Å². The second-order valence-electron chi connectivity index (χ2n) is 4.41. The summed E-state index contributed by atoms with van der Waals surface area (Å²) in [6, 6.07) is 1.35. The van der Waals surface area contributed by atoms with Gasteiger partial charge in [-0.05, 0) is 18.0 Å². The molecule has 0 aliphatic rings. The molecule has 1 amide bonds. The minimum atomic E-state index is -0.620. The Kier molecular flexibility index (Phi) is 3.95. The zero-order chi connectivity index (χ0) is 12.2. The highest BCUT2D eigenvalue weighted by atomic mass is 19.1. The van der Waals surface area contributed by atoms with Crippen LogP contribution in [0.15, 0.2) is 18.5 Å². The largest absolute Gasteiger partial charge is 0.351 e. The molecule has 0 aromatic carbocycles. The zero-order valence-electron chi connectivity index (χ0n) is 9.46. The van der Waals surface area contributed by atoms with E-state index < -0.39 is 11.7 Å². The average molecular weight is 225 g/mol. The number of rotatable bonds is 4. The predicted molar refractivity (Wildman–Crippen MR) is 59.4 cm³/mol. The third-order valence-corrected chi connectivity index (χ3v) is 2.30. The quantitative estimate of drug-likeness (QED) is 0.801. The van der Waals surface area contributed by atoms with Crippen LogP contribution in [0.2, 0.25) is 0 Å². The predicted octanol–water partition coefficient (Wildman–Crippen LogP) is 0.935. The summed E-state index contributed by atoms with van der Waals surface area (Å²) in [6.45, 7) is 4.71. The lowest BCUT2D eigenvalue weighted by Crippen LogP contribution is -2.38. The number of hydrogen-bond donors (Lipinski definition) is 2. The van der Waals surface area contributed by atoms with Gasteiger partial charge in [-0.15, -0.1) is 0 Å². The number of halogens is 1. The second kappa shape index (κ2) is 5.03. The molecular weight excluding hydrogens is 209 g/mol. The van der Waals surface area contributed by atoms with Gasteiger partial charge in [-0.2, -0.15) is 0 Å². The Morgan fingerprint density at radius 1 is 1.62 bits per heavy atom. The molecule has 4 nitrogen and oxygen atoms in total. The van der Waals surface area contributed by atoms with E-state index in [2.05, 4.69) is 10.3 Å². The van der Waals surface area contributed by atoms with Crippen LogP contribution in [-0.2, 0) is 0 Å². The van der Waals surface area contributed by atoms with Gasteiger partial charge in [0.15, 0.2) is 5.82 Å². The highest BCUT2D eigenvalue weighted by molar-refractivity contribution is 5.94. The van der Waals surface area contributed by atoms with Crippen LogP contribution in [0, 0.1) is 11.2 Å². The Bertz CT molecular complexity index is 379. The minimum Gasteiger partial charge on any atom is -0.351 e. The van der Waals surface area contributed by atoms with Gasteiger partial charge in [-0.3, -0.25) is 9.78 Å². The van der Waals surface area contributed by atoms with E-state index in [1.54, 1.807) is 0 Å². The number of nitrogens with zero attached hydrogens (tertiary/aromatic N) is 1. The summed E-state index contributed by atoms with van der Waals surface area (Å²) >= 11 is 0. The van der Waals surface area contributed by atoms with Crippen molar-refractivity contribution < 1.29 is 9.18 Å². The molecular formula is C11H16FN3O. The summed E-state index contributed by atoms with van der Waals surface area (Å²) in [5.74, 6) is -1.06. The lowest BCUT2D eigenvalue weighted by Gasteiger charge is -2.22. The highest BCUT2D eigenvalue weighted by Crippen LogP contribution is 2.11. The van der Waals surface area contributed by atoms with Gasteiger partial charge in [-0.25, -0.2) is 4.39 Å². The van der Waals surface area contributed by atoms with Crippen LogP contribution in [0.4, 0.5) is 4.39 Å². The smallest absolute Gasteiger partial charge is 0.254 e. The molecule has 0 radical (unpaired) electrons. The summed E-state index contributed by atoms with van der Waals surface area (Å²) in [5, 5.41) is 2.64. The molecule has 0 bridgehead atoms. The maximum Gasteiger partial charge on any atom is 0.254 e. The van der Waals surface area contributed by atoms with Crippen molar-refractivity contribution in [3.63, 3.8) is 0 Å². The first-order chi connectivity index (χ1) is 7.46. The number of pyridine rings is 1. The van der Waals surface area contributed by atoms with Crippen molar-refractivity contribution in [3.8, 4) is 0 Å². The van der Waals surface area contributed by atoms with Crippen LogP contribution in [0.5, 0.6) is 0 Å². The van der Waals surface area contributed by atoms with Gasteiger partial charge in [0.2, 0.25) is 0 Å². The van der Waals surface area contributed by atoms with Crippen LogP contribution >= 0.6 is 0 Å². The highest BCUT2D eigenvalue weighted by Gasteiger charge is 2.18. The van der Waals surface area contributed by atoms with Crippen molar-refractivity contribution >= 4 is 5.91 Å². The number of aromatic nitrogens is 1. The van der Waals surface area contributed by atoms with Crippen molar-refractivity contribution in [1.29, 1.82) is 0 Å². The number of nitrogens with one attached hydrogen (secondary N) is 1. The number of carbonyl (C=O) groups is 1. The summed E-state index contributed by atoms with van der Waals surface area (Å²) in [6.07, 6.45) is 2.40. The molecule has 0 spiro atoms. The Labute approximate surface area is 94.1 Å². The first-order valence-electron chi connectivity index (χ1n) is 5.04. The molecule has 0 saturated carbocycles. The molecule has 0 unspecified atom stereocenters. The molecule has 3 N–H and O–H groups in total. The van der Waals surface area contributed by atoms with E-state index in [-0.39, 0.29) is 11.0 Å². The van der Waals surface area contributed by atoms with Gasteiger partial charge >= 0.3 is 0 Å². The Hall–Kier alpha value is -1.49. The molecule has 16 heavy (non-hydrogen) atoms. The van der Waals surface area contributed by atoms with E-state index in [0.717, 1.165) is 6.20 Å². The number of carbonyl (C=O) groups excluding carboxylic acids is 1.